The average Bonchev–Trinajstić information content (AvgIpc) is 3.26. The largest absolute Gasteiger partial charge is 0.495 e. The van der Waals surface area contributed by atoms with Crippen molar-refractivity contribution in [2.24, 2.45) is 0 Å². The first-order valence-electron chi connectivity index (χ1n) is 6.88. The number of halogens is 1. The van der Waals surface area contributed by atoms with Crippen molar-refractivity contribution < 1.29 is 4.74 Å². The zero-order valence-corrected chi connectivity index (χ0v) is 12.2. The standard InChI is InChI=1S/C17H18ClNO/c1-20-17-8-7-12(9-15(17)18)11-19-16-10-14(16)13-5-3-2-4-6-13/h2-9,14,16,19H,10-11H2,1H3. The van der Waals surface area contributed by atoms with Gasteiger partial charge in [-0.25, -0.2) is 0 Å². The third kappa shape index (κ3) is 2.97. The molecule has 0 aliphatic heterocycles. The van der Waals surface area contributed by atoms with Gasteiger partial charge in [0.2, 0.25) is 0 Å². The van der Waals surface area contributed by atoms with Crippen LogP contribution >= 0.6 is 11.6 Å². The van der Waals surface area contributed by atoms with Crippen LogP contribution in [-0.2, 0) is 6.54 Å². The normalized spacial score (nSPS) is 20.7. The van der Waals surface area contributed by atoms with Crippen molar-refractivity contribution >= 4 is 11.6 Å². The fourth-order valence-electron chi connectivity index (χ4n) is 2.56. The Hall–Kier alpha value is -1.51. The minimum atomic E-state index is 0.582. The van der Waals surface area contributed by atoms with Crippen molar-refractivity contribution in [1.29, 1.82) is 0 Å². The van der Waals surface area contributed by atoms with E-state index in [1.807, 2.05) is 12.1 Å². The summed E-state index contributed by atoms with van der Waals surface area (Å²) >= 11 is 6.13. The molecule has 0 radical (unpaired) electrons. The van der Waals surface area contributed by atoms with Crippen LogP contribution in [-0.4, -0.2) is 13.2 Å². The molecule has 0 heterocycles. The Balaban J connectivity index is 1.55. The van der Waals surface area contributed by atoms with Crippen molar-refractivity contribution in [3.8, 4) is 5.75 Å². The summed E-state index contributed by atoms with van der Waals surface area (Å²) in [7, 11) is 1.63. The van der Waals surface area contributed by atoms with E-state index < -0.39 is 0 Å². The molecule has 0 amide bonds. The van der Waals surface area contributed by atoms with Gasteiger partial charge in [-0.05, 0) is 29.7 Å². The van der Waals surface area contributed by atoms with Gasteiger partial charge in [0, 0.05) is 18.5 Å². The molecule has 2 aromatic rings. The zero-order valence-electron chi connectivity index (χ0n) is 11.5. The minimum absolute atomic E-state index is 0.582. The predicted octanol–water partition coefficient (Wildman–Crippen LogP) is 3.99. The highest BCUT2D eigenvalue weighted by Gasteiger charge is 2.37. The maximum Gasteiger partial charge on any atom is 0.137 e. The Morgan fingerprint density at radius 1 is 1.20 bits per heavy atom. The van der Waals surface area contributed by atoms with Crippen LogP contribution in [0, 0.1) is 0 Å². The molecule has 0 spiro atoms. The van der Waals surface area contributed by atoms with Gasteiger partial charge in [0.25, 0.3) is 0 Å². The first-order valence-corrected chi connectivity index (χ1v) is 7.26. The van der Waals surface area contributed by atoms with Gasteiger partial charge >= 0.3 is 0 Å². The van der Waals surface area contributed by atoms with Gasteiger partial charge in [-0.1, -0.05) is 48.0 Å². The van der Waals surface area contributed by atoms with Crippen LogP contribution in [0.4, 0.5) is 0 Å². The number of hydrogen-bond acceptors (Lipinski definition) is 2. The van der Waals surface area contributed by atoms with Crippen molar-refractivity contribution in [2.75, 3.05) is 7.11 Å². The number of nitrogens with one attached hydrogen (secondary N) is 1. The summed E-state index contributed by atoms with van der Waals surface area (Å²) in [6.45, 7) is 0.845. The monoisotopic (exact) mass is 287 g/mol. The van der Waals surface area contributed by atoms with Gasteiger partial charge in [-0.2, -0.15) is 0 Å². The Morgan fingerprint density at radius 2 is 2.00 bits per heavy atom. The van der Waals surface area contributed by atoms with Crippen molar-refractivity contribution in [1.82, 2.24) is 5.32 Å². The number of hydrogen-bond donors (Lipinski definition) is 1. The average molecular weight is 288 g/mol. The lowest BCUT2D eigenvalue weighted by Gasteiger charge is -2.07. The lowest BCUT2D eigenvalue weighted by Crippen LogP contribution is -2.17. The molecule has 2 unspecified atom stereocenters. The summed E-state index contributed by atoms with van der Waals surface area (Å²) < 4.78 is 5.16. The van der Waals surface area contributed by atoms with E-state index in [4.69, 9.17) is 16.3 Å². The van der Waals surface area contributed by atoms with E-state index in [0.29, 0.717) is 17.0 Å². The summed E-state index contributed by atoms with van der Waals surface area (Å²) in [5.74, 6) is 1.38. The van der Waals surface area contributed by atoms with E-state index in [2.05, 4.69) is 41.7 Å². The first kappa shape index (κ1) is 13.5. The molecule has 1 aliphatic rings. The van der Waals surface area contributed by atoms with Gasteiger partial charge in [-0.3, -0.25) is 0 Å². The van der Waals surface area contributed by atoms with Gasteiger partial charge in [0.05, 0.1) is 12.1 Å². The SMILES string of the molecule is COc1ccc(CNC2CC2c2ccccc2)cc1Cl. The maximum absolute atomic E-state index is 6.13. The summed E-state index contributed by atoms with van der Waals surface area (Å²) in [5.41, 5.74) is 2.62. The van der Waals surface area contributed by atoms with Crippen LogP contribution in [0.2, 0.25) is 5.02 Å². The molecule has 0 saturated heterocycles. The second-order valence-electron chi connectivity index (χ2n) is 5.21. The second-order valence-corrected chi connectivity index (χ2v) is 5.62. The van der Waals surface area contributed by atoms with E-state index in [9.17, 15) is 0 Å². The molecule has 104 valence electrons. The Kier molecular flexibility index (Phi) is 3.95. The molecular weight excluding hydrogens is 270 g/mol. The lowest BCUT2D eigenvalue weighted by molar-refractivity contribution is 0.415. The van der Waals surface area contributed by atoms with E-state index in [1.54, 1.807) is 7.11 Å². The highest BCUT2D eigenvalue weighted by atomic mass is 35.5. The molecule has 1 N–H and O–H groups in total. The summed E-state index contributed by atoms with van der Waals surface area (Å²) in [6.07, 6.45) is 1.22. The molecule has 20 heavy (non-hydrogen) atoms. The number of ether oxygens (including phenoxy) is 1. The van der Waals surface area contributed by atoms with Gasteiger partial charge < -0.3 is 10.1 Å². The molecule has 1 saturated carbocycles. The van der Waals surface area contributed by atoms with Crippen LogP contribution < -0.4 is 10.1 Å². The van der Waals surface area contributed by atoms with Crippen molar-refractivity contribution in [2.45, 2.75) is 24.9 Å². The molecular formula is C17H18ClNO. The third-order valence-corrected chi connectivity index (χ3v) is 4.10. The maximum atomic E-state index is 6.13. The van der Waals surface area contributed by atoms with E-state index in [-0.39, 0.29) is 0 Å². The predicted molar refractivity (Wildman–Crippen MR) is 82.4 cm³/mol. The molecule has 2 atom stereocenters. The summed E-state index contributed by atoms with van der Waals surface area (Å²) in [4.78, 5) is 0. The number of benzene rings is 2. The Bertz CT molecular complexity index is 585. The van der Waals surface area contributed by atoms with E-state index in [1.165, 1.54) is 17.5 Å². The number of methoxy groups -OCH3 is 1. The molecule has 0 aromatic heterocycles. The van der Waals surface area contributed by atoms with Crippen LogP contribution in [0.5, 0.6) is 5.75 Å². The third-order valence-electron chi connectivity index (χ3n) is 3.80. The lowest BCUT2D eigenvalue weighted by atomic mass is 10.1. The Morgan fingerprint density at radius 3 is 2.70 bits per heavy atom. The fraction of sp³-hybridized carbons (Fsp3) is 0.294. The fourth-order valence-corrected chi connectivity index (χ4v) is 2.84. The van der Waals surface area contributed by atoms with Gasteiger partial charge in [0.15, 0.2) is 0 Å². The Labute approximate surface area is 124 Å². The molecule has 3 rings (SSSR count). The van der Waals surface area contributed by atoms with Crippen molar-refractivity contribution in [3.05, 3.63) is 64.7 Å². The number of rotatable bonds is 5. The zero-order chi connectivity index (χ0) is 13.9. The molecule has 3 heteroatoms. The highest BCUT2D eigenvalue weighted by Crippen LogP contribution is 2.40. The topological polar surface area (TPSA) is 21.3 Å². The quantitative estimate of drug-likeness (QED) is 0.898. The molecule has 0 bridgehead atoms. The van der Waals surface area contributed by atoms with Gasteiger partial charge in [0.1, 0.15) is 5.75 Å². The van der Waals surface area contributed by atoms with Crippen molar-refractivity contribution in [3.63, 3.8) is 0 Å². The van der Waals surface area contributed by atoms with Crippen LogP contribution in [0.3, 0.4) is 0 Å². The smallest absolute Gasteiger partial charge is 0.137 e. The van der Waals surface area contributed by atoms with Crippen LogP contribution in [0.25, 0.3) is 0 Å². The first-order chi connectivity index (χ1) is 9.78. The minimum Gasteiger partial charge on any atom is -0.495 e. The van der Waals surface area contributed by atoms with E-state index in [0.717, 1.165) is 12.3 Å². The molecule has 1 aliphatic carbocycles. The summed E-state index contributed by atoms with van der Waals surface area (Å²) in [5, 5.41) is 4.26. The van der Waals surface area contributed by atoms with Gasteiger partial charge in [-0.15, -0.1) is 0 Å². The highest BCUT2D eigenvalue weighted by molar-refractivity contribution is 6.32. The molecule has 1 fully saturated rings. The summed E-state index contributed by atoms with van der Waals surface area (Å²) in [6, 6.07) is 17.2. The second kappa shape index (κ2) is 5.86. The molecule has 2 aromatic carbocycles. The van der Waals surface area contributed by atoms with Crippen LogP contribution in [0.15, 0.2) is 48.5 Å². The molecule has 2 nitrogen and oxygen atoms in total. The van der Waals surface area contributed by atoms with Crippen LogP contribution in [0.1, 0.15) is 23.5 Å². The van der Waals surface area contributed by atoms with E-state index >= 15 is 0 Å².